The lowest BCUT2D eigenvalue weighted by molar-refractivity contribution is 0.472. The van der Waals surface area contributed by atoms with E-state index in [4.69, 9.17) is 5.73 Å². The molecule has 0 saturated heterocycles. The van der Waals surface area contributed by atoms with Gasteiger partial charge in [-0.15, -0.1) is 15.3 Å². The Labute approximate surface area is 315 Å². The molecular weight excluding hydrogens is 832 g/mol. The van der Waals surface area contributed by atoms with Gasteiger partial charge in [0.2, 0.25) is 11.9 Å². The van der Waals surface area contributed by atoms with E-state index in [0.717, 1.165) is 42.5 Å². The molecule has 0 aliphatic rings. The number of aromatic hydroxyl groups is 1. The van der Waals surface area contributed by atoms with Gasteiger partial charge in [-0.2, -0.15) is 58.1 Å². The number of hydrogen-bond donors (Lipinski definition) is 7. The quantitative estimate of drug-likeness (QED) is 0.0517. The maximum absolute atomic E-state index is 14.2. The molecule has 0 bridgehead atoms. The number of benzene rings is 4. The van der Waals surface area contributed by atoms with Crippen LogP contribution < -0.4 is 16.0 Å². The molecule has 296 valence electrons. The second kappa shape index (κ2) is 15.0. The van der Waals surface area contributed by atoms with Crippen LogP contribution in [0.5, 0.6) is 5.75 Å². The third kappa shape index (κ3) is 8.97. The number of azo groups is 2. The first kappa shape index (κ1) is 41.3. The van der Waals surface area contributed by atoms with Crippen LogP contribution in [0.4, 0.5) is 50.4 Å². The number of nitrogens with zero attached hydrogens (tertiary/aromatic N) is 8. The predicted molar refractivity (Wildman–Crippen MR) is 193 cm³/mol. The fourth-order valence-corrected chi connectivity index (χ4v) is 7.14. The monoisotopic (exact) mass is 856 g/mol. The van der Waals surface area contributed by atoms with Crippen LogP contribution in [0.25, 0.3) is 10.8 Å². The summed E-state index contributed by atoms with van der Waals surface area (Å²) >= 11 is 0. The largest absolute Gasteiger partial charge is 0.505 e. The van der Waals surface area contributed by atoms with Crippen molar-refractivity contribution in [2.24, 2.45) is 20.5 Å². The van der Waals surface area contributed by atoms with E-state index in [0.29, 0.717) is 18.7 Å². The Morgan fingerprint density at radius 2 is 1.30 bits per heavy atom. The van der Waals surface area contributed by atoms with Gasteiger partial charge in [-0.05, 0) is 66.9 Å². The summed E-state index contributed by atoms with van der Waals surface area (Å²) in [6.07, 6.45) is -1.18. The molecule has 0 unspecified atom stereocenters. The van der Waals surface area contributed by atoms with Crippen molar-refractivity contribution in [2.45, 2.75) is 26.5 Å². The van der Waals surface area contributed by atoms with Crippen LogP contribution >= 0.6 is 0 Å². The molecule has 1 heterocycles. The molecule has 1 aromatic heterocycles. The van der Waals surface area contributed by atoms with Crippen molar-refractivity contribution in [1.29, 1.82) is 0 Å². The molecule has 0 fully saturated rings. The zero-order valence-corrected chi connectivity index (χ0v) is 31.3. The zero-order chi connectivity index (χ0) is 41.5. The number of nitrogens with two attached hydrogens (primary N) is 1. The molecule has 28 heteroatoms. The number of phenolic OH excluding ortho intramolecular Hbond substituents is 1. The Balaban J connectivity index is 1.70. The SMILES string of the molecule is CCN(C)c1nc(F)nc(Nc2ccc(S(=O)(=O)O)c(N=Nc3c(S(=O)(=O)O)cc4cc(S(=O)(=O)O)c(N=Nc5ccc(S(=O)(=O)O)cc5)c(N)c4c3O)c2)n1. The minimum Gasteiger partial charge on any atom is -0.505 e. The van der Waals surface area contributed by atoms with E-state index >= 15 is 0 Å². The van der Waals surface area contributed by atoms with Gasteiger partial charge in [0.1, 0.15) is 31.7 Å². The number of fused-ring (bicyclic) bond motifs is 1. The van der Waals surface area contributed by atoms with Crippen molar-refractivity contribution >= 4 is 97.3 Å². The third-order valence-corrected chi connectivity index (χ3v) is 10.9. The fourth-order valence-electron chi connectivity index (χ4n) is 4.73. The molecule has 8 N–H and O–H groups in total. The summed E-state index contributed by atoms with van der Waals surface area (Å²) in [5, 5.41) is 27.5. The van der Waals surface area contributed by atoms with E-state index in [1.807, 2.05) is 0 Å². The highest BCUT2D eigenvalue weighted by atomic mass is 32.2. The number of nitrogens with one attached hydrogen (secondary N) is 1. The van der Waals surface area contributed by atoms with Crippen molar-refractivity contribution in [2.75, 3.05) is 29.5 Å². The molecule has 0 radical (unpaired) electrons. The van der Waals surface area contributed by atoms with Gasteiger partial charge in [-0.3, -0.25) is 18.2 Å². The van der Waals surface area contributed by atoms with Gasteiger partial charge in [-0.1, -0.05) is 0 Å². The number of nitrogen functional groups attached to an aromatic ring is 1. The van der Waals surface area contributed by atoms with Gasteiger partial charge < -0.3 is 21.1 Å². The molecular formula is C28H25FN10O13S4. The number of aromatic nitrogens is 3. The highest BCUT2D eigenvalue weighted by molar-refractivity contribution is 7.86. The van der Waals surface area contributed by atoms with Crippen LogP contribution in [-0.2, 0) is 40.5 Å². The Morgan fingerprint density at radius 1 is 0.732 bits per heavy atom. The molecule has 5 rings (SSSR count). The molecule has 0 saturated carbocycles. The third-order valence-electron chi connectivity index (χ3n) is 7.43. The summed E-state index contributed by atoms with van der Waals surface area (Å²) in [7, 11) is -18.8. The maximum Gasteiger partial charge on any atom is 0.315 e. The van der Waals surface area contributed by atoms with Crippen molar-refractivity contribution in [3.63, 3.8) is 0 Å². The van der Waals surface area contributed by atoms with E-state index in [9.17, 15) is 61.4 Å². The van der Waals surface area contributed by atoms with Gasteiger partial charge >= 0.3 is 6.08 Å². The molecule has 0 amide bonds. The van der Waals surface area contributed by atoms with E-state index < -0.39 is 105 Å². The van der Waals surface area contributed by atoms with Crippen molar-refractivity contribution in [3.05, 3.63) is 60.7 Å². The lowest BCUT2D eigenvalue weighted by Gasteiger charge is -2.15. The molecule has 0 spiro atoms. The van der Waals surface area contributed by atoms with Gasteiger partial charge in [0.05, 0.1) is 21.7 Å². The lowest BCUT2D eigenvalue weighted by atomic mass is 10.1. The molecule has 23 nitrogen and oxygen atoms in total. The molecule has 0 aliphatic carbocycles. The van der Waals surface area contributed by atoms with Crippen LogP contribution in [0, 0.1) is 6.08 Å². The molecule has 56 heavy (non-hydrogen) atoms. The topological polar surface area (TPSA) is 367 Å². The second-order valence-electron chi connectivity index (χ2n) is 11.2. The molecule has 4 aromatic carbocycles. The van der Waals surface area contributed by atoms with Crippen LogP contribution in [0.15, 0.2) is 94.6 Å². The van der Waals surface area contributed by atoms with Crippen molar-refractivity contribution in [3.8, 4) is 5.75 Å². The average Bonchev–Trinajstić information content (AvgIpc) is 3.08. The number of hydrogen-bond acceptors (Lipinski definition) is 19. The zero-order valence-electron chi connectivity index (χ0n) is 28.1. The van der Waals surface area contributed by atoms with E-state index in [1.54, 1.807) is 14.0 Å². The highest BCUT2D eigenvalue weighted by Gasteiger charge is 2.28. The Hall–Kier alpha value is -5.88. The number of phenols is 1. The van der Waals surface area contributed by atoms with Gasteiger partial charge in [0.25, 0.3) is 40.5 Å². The molecule has 5 aromatic rings. The van der Waals surface area contributed by atoms with Crippen molar-refractivity contribution in [1.82, 2.24) is 15.0 Å². The molecule has 0 atom stereocenters. The van der Waals surface area contributed by atoms with E-state index in [1.165, 1.54) is 4.90 Å². The summed E-state index contributed by atoms with van der Waals surface area (Å²) < 4.78 is 150. The minimum absolute atomic E-state index is 0.0802. The van der Waals surface area contributed by atoms with Gasteiger partial charge in [0, 0.05) is 19.3 Å². The summed E-state index contributed by atoms with van der Waals surface area (Å²) in [6, 6.07) is 7.91. The Kier molecular flexibility index (Phi) is 11.0. The lowest BCUT2D eigenvalue weighted by Crippen LogP contribution is -2.20. The van der Waals surface area contributed by atoms with Gasteiger partial charge in [-0.25, -0.2) is 0 Å². The van der Waals surface area contributed by atoms with Crippen molar-refractivity contribution < 1.29 is 61.4 Å². The minimum atomic E-state index is -5.40. The number of halogens is 1. The Bertz CT molecular complexity index is 2930. The van der Waals surface area contributed by atoms with Crippen LogP contribution in [0.1, 0.15) is 6.92 Å². The summed E-state index contributed by atoms with van der Waals surface area (Å²) in [5.74, 6) is -1.66. The summed E-state index contributed by atoms with van der Waals surface area (Å²) in [5.41, 5.74) is 2.47. The Morgan fingerprint density at radius 3 is 1.86 bits per heavy atom. The summed E-state index contributed by atoms with van der Waals surface area (Å²) in [6.45, 7) is 2.11. The first-order valence-electron chi connectivity index (χ1n) is 14.9. The highest BCUT2D eigenvalue weighted by Crippen LogP contribution is 2.48. The normalized spacial score (nSPS) is 12.8. The smallest absolute Gasteiger partial charge is 0.315 e. The standard InChI is InChI=1S/C28H25FN10O13S4/c1-3-39(2)28-33-26(29)32-27(34-28)31-15-6-9-18(54(44,45)46)17(12-15)36-38-24-20(56(50,51)52)11-13-10-19(55(47,48)49)23(22(30)21(13)25(24)40)37-35-14-4-7-16(8-5-14)53(41,42)43/h4-12,40H,3,30H2,1-2H3,(H,41,42,43)(H,44,45,46)(H,47,48,49)(H,50,51,52)(H,31,32,33,34). The second-order valence-corrected chi connectivity index (χ2v) is 16.7. The average molecular weight is 857 g/mol. The van der Waals surface area contributed by atoms with Crippen LogP contribution in [0.2, 0.25) is 0 Å². The number of anilines is 4. The van der Waals surface area contributed by atoms with Crippen LogP contribution in [0.3, 0.4) is 0 Å². The first-order valence-corrected chi connectivity index (χ1v) is 20.6. The summed E-state index contributed by atoms with van der Waals surface area (Å²) in [4.78, 5) is 8.82. The van der Waals surface area contributed by atoms with Crippen LogP contribution in [-0.4, -0.2) is 85.5 Å². The molecule has 0 aliphatic heterocycles. The van der Waals surface area contributed by atoms with Gasteiger partial charge in [0.15, 0.2) is 5.75 Å². The maximum atomic E-state index is 14.2. The van der Waals surface area contributed by atoms with E-state index in [2.05, 4.69) is 40.7 Å². The number of rotatable bonds is 12. The van der Waals surface area contributed by atoms with E-state index in [-0.39, 0.29) is 23.3 Å². The first-order chi connectivity index (χ1) is 25.9. The fraction of sp³-hybridized carbons (Fsp3) is 0.107. The predicted octanol–water partition coefficient (Wildman–Crippen LogP) is 4.47.